The average molecular weight is 385 g/mol. The minimum atomic E-state index is -0.598. The van der Waals surface area contributed by atoms with Crippen LogP contribution in [0.4, 0.5) is 5.69 Å². The monoisotopic (exact) mass is 385 g/mol. The summed E-state index contributed by atoms with van der Waals surface area (Å²) in [7, 11) is 0. The molecule has 2 amide bonds. The number of non-ortho nitro benzene ring substituents is 1. The van der Waals surface area contributed by atoms with Gasteiger partial charge >= 0.3 is 0 Å². The van der Waals surface area contributed by atoms with Gasteiger partial charge in [-0.15, -0.1) is 0 Å². The van der Waals surface area contributed by atoms with Gasteiger partial charge in [0.05, 0.1) is 4.92 Å². The van der Waals surface area contributed by atoms with Gasteiger partial charge in [-0.1, -0.05) is 6.07 Å². The molecule has 0 saturated carbocycles. The smallest absolute Gasteiger partial charge is 0.270 e. The highest BCUT2D eigenvalue weighted by molar-refractivity contribution is 7.80. The number of carbonyl (C=O) groups is 2. The fourth-order valence-corrected chi connectivity index (χ4v) is 2.99. The van der Waals surface area contributed by atoms with E-state index in [4.69, 9.17) is 16.6 Å². The van der Waals surface area contributed by atoms with Crippen LogP contribution in [0.5, 0.6) is 0 Å². The zero-order valence-corrected chi connectivity index (χ0v) is 15.3. The number of benzene rings is 1. The fourth-order valence-electron chi connectivity index (χ4n) is 2.69. The SMILES string of the molecule is CCN1C(=O)/C(=C/c2ccc(-c3cc([N+](=O)[O-])ccc3C)o2)C(=O)NC1=S. The minimum Gasteiger partial charge on any atom is -0.457 e. The van der Waals surface area contributed by atoms with E-state index in [1.54, 1.807) is 32.0 Å². The normalized spacial score (nSPS) is 16.0. The quantitative estimate of drug-likeness (QED) is 0.285. The second-order valence-electron chi connectivity index (χ2n) is 5.83. The second-order valence-corrected chi connectivity index (χ2v) is 6.21. The molecule has 0 spiro atoms. The lowest BCUT2D eigenvalue weighted by Crippen LogP contribution is -2.53. The van der Waals surface area contributed by atoms with E-state index in [1.807, 2.05) is 0 Å². The highest BCUT2D eigenvalue weighted by Gasteiger charge is 2.32. The van der Waals surface area contributed by atoms with Crippen LogP contribution in [0.3, 0.4) is 0 Å². The van der Waals surface area contributed by atoms with Crippen LogP contribution in [-0.4, -0.2) is 33.3 Å². The molecule has 1 saturated heterocycles. The summed E-state index contributed by atoms with van der Waals surface area (Å²) in [6.07, 6.45) is 1.33. The Bertz CT molecular complexity index is 1010. The lowest BCUT2D eigenvalue weighted by Gasteiger charge is -2.27. The van der Waals surface area contributed by atoms with E-state index in [9.17, 15) is 19.7 Å². The maximum absolute atomic E-state index is 12.4. The summed E-state index contributed by atoms with van der Waals surface area (Å²) >= 11 is 4.98. The van der Waals surface area contributed by atoms with Gasteiger partial charge in [0.25, 0.3) is 17.5 Å². The number of nitrogens with zero attached hydrogens (tertiary/aromatic N) is 2. The van der Waals surface area contributed by atoms with Crippen LogP contribution >= 0.6 is 12.2 Å². The van der Waals surface area contributed by atoms with Crippen molar-refractivity contribution in [3.8, 4) is 11.3 Å². The molecule has 9 heteroatoms. The summed E-state index contributed by atoms with van der Waals surface area (Å²) in [4.78, 5) is 36.3. The molecule has 1 N–H and O–H groups in total. The van der Waals surface area contributed by atoms with Gasteiger partial charge in [0.2, 0.25) is 0 Å². The predicted octanol–water partition coefficient (Wildman–Crippen LogP) is 2.81. The van der Waals surface area contributed by atoms with E-state index in [0.29, 0.717) is 17.9 Å². The zero-order valence-electron chi connectivity index (χ0n) is 14.5. The highest BCUT2D eigenvalue weighted by atomic mass is 32.1. The van der Waals surface area contributed by atoms with E-state index < -0.39 is 16.7 Å². The molecule has 1 aliphatic heterocycles. The van der Waals surface area contributed by atoms with Crippen molar-refractivity contribution in [3.63, 3.8) is 0 Å². The number of nitro groups is 1. The number of hydrogen-bond donors (Lipinski definition) is 1. The molecule has 1 aliphatic rings. The molecule has 2 heterocycles. The van der Waals surface area contributed by atoms with Crippen molar-refractivity contribution < 1.29 is 18.9 Å². The Balaban J connectivity index is 1.97. The molecule has 27 heavy (non-hydrogen) atoms. The number of hydrogen-bond acceptors (Lipinski definition) is 6. The van der Waals surface area contributed by atoms with Crippen molar-refractivity contribution in [1.29, 1.82) is 0 Å². The van der Waals surface area contributed by atoms with Crippen molar-refractivity contribution in [2.45, 2.75) is 13.8 Å². The number of amides is 2. The number of nitrogens with one attached hydrogen (secondary N) is 1. The van der Waals surface area contributed by atoms with Crippen molar-refractivity contribution in [2.24, 2.45) is 0 Å². The van der Waals surface area contributed by atoms with Gasteiger partial charge in [-0.3, -0.25) is 29.9 Å². The summed E-state index contributed by atoms with van der Waals surface area (Å²) in [5.41, 5.74) is 1.20. The van der Waals surface area contributed by atoms with E-state index in [0.717, 1.165) is 5.56 Å². The molecular weight excluding hydrogens is 370 g/mol. The molecule has 0 bridgehead atoms. The van der Waals surface area contributed by atoms with Crippen LogP contribution in [0, 0.1) is 17.0 Å². The summed E-state index contributed by atoms with van der Waals surface area (Å²) < 4.78 is 5.70. The molecule has 2 aromatic rings. The molecule has 0 atom stereocenters. The van der Waals surface area contributed by atoms with E-state index >= 15 is 0 Å². The van der Waals surface area contributed by atoms with Crippen molar-refractivity contribution >= 4 is 40.9 Å². The van der Waals surface area contributed by atoms with Crippen LogP contribution in [0.2, 0.25) is 0 Å². The summed E-state index contributed by atoms with van der Waals surface area (Å²) in [6.45, 7) is 3.87. The van der Waals surface area contributed by atoms with Gasteiger partial charge in [0.1, 0.15) is 17.1 Å². The van der Waals surface area contributed by atoms with Gasteiger partial charge < -0.3 is 4.42 Å². The number of furan rings is 1. The maximum atomic E-state index is 12.4. The van der Waals surface area contributed by atoms with Gasteiger partial charge in [0, 0.05) is 24.2 Å². The maximum Gasteiger partial charge on any atom is 0.270 e. The van der Waals surface area contributed by atoms with E-state index in [1.165, 1.54) is 23.1 Å². The Morgan fingerprint density at radius 2 is 2.04 bits per heavy atom. The van der Waals surface area contributed by atoms with E-state index in [-0.39, 0.29) is 22.1 Å². The van der Waals surface area contributed by atoms with Crippen molar-refractivity contribution in [3.05, 3.63) is 57.3 Å². The van der Waals surface area contributed by atoms with Crippen LogP contribution < -0.4 is 5.32 Å². The Morgan fingerprint density at radius 1 is 1.30 bits per heavy atom. The highest BCUT2D eigenvalue weighted by Crippen LogP contribution is 2.30. The lowest BCUT2D eigenvalue weighted by atomic mass is 10.1. The topological polar surface area (TPSA) is 106 Å². The van der Waals surface area contributed by atoms with Gasteiger partial charge in [-0.25, -0.2) is 0 Å². The first kappa shape index (κ1) is 18.5. The molecule has 3 rings (SSSR count). The first-order valence-corrected chi connectivity index (χ1v) is 8.46. The molecule has 0 radical (unpaired) electrons. The molecule has 0 aliphatic carbocycles. The zero-order chi connectivity index (χ0) is 19.7. The molecule has 1 aromatic heterocycles. The average Bonchev–Trinajstić information content (AvgIpc) is 3.07. The van der Waals surface area contributed by atoms with Crippen LogP contribution in [0.15, 0.2) is 40.3 Å². The number of rotatable bonds is 4. The molecule has 8 nitrogen and oxygen atoms in total. The molecule has 1 aromatic carbocycles. The molecule has 138 valence electrons. The fraction of sp³-hybridized carbons (Fsp3) is 0.167. The number of nitro benzene ring substituents is 1. The number of thiocarbonyl (C=S) groups is 1. The standard InChI is InChI=1S/C18H15N3O5S/c1-3-20-17(23)14(16(22)19-18(20)27)9-12-6-7-15(26-12)13-8-11(21(24)25)5-4-10(13)2/h4-9H,3H2,1-2H3,(H,19,22,27)/b14-9+. The van der Waals surface area contributed by atoms with Gasteiger partial charge in [-0.2, -0.15) is 0 Å². The number of likely N-dealkylation sites (N-methyl/N-ethyl adjacent to an activating group) is 1. The van der Waals surface area contributed by atoms with Crippen LogP contribution in [0.1, 0.15) is 18.2 Å². The molecule has 1 fully saturated rings. The largest absolute Gasteiger partial charge is 0.457 e. The third-order valence-corrected chi connectivity index (χ3v) is 4.44. The Labute approximate surface area is 159 Å². The van der Waals surface area contributed by atoms with Crippen LogP contribution in [0.25, 0.3) is 17.4 Å². The Kier molecular flexibility index (Phi) is 4.87. The second kappa shape index (κ2) is 7.12. The van der Waals surface area contributed by atoms with Crippen molar-refractivity contribution in [1.82, 2.24) is 10.2 Å². The first-order chi connectivity index (χ1) is 12.8. The minimum absolute atomic E-state index is 0.0548. The Morgan fingerprint density at radius 3 is 2.70 bits per heavy atom. The number of aryl methyl sites for hydroxylation is 1. The number of carbonyl (C=O) groups excluding carboxylic acids is 2. The molecular formula is C18H15N3O5S. The summed E-state index contributed by atoms with van der Waals surface area (Å²) in [5.74, 6) is -0.428. The molecule has 0 unspecified atom stereocenters. The van der Waals surface area contributed by atoms with Crippen molar-refractivity contribution in [2.75, 3.05) is 6.54 Å². The summed E-state index contributed by atoms with van der Waals surface area (Å²) in [6, 6.07) is 7.68. The predicted molar refractivity (Wildman–Crippen MR) is 102 cm³/mol. The first-order valence-electron chi connectivity index (χ1n) is 8.06. The third-order valence-electron chi connectivity index (χ3n) is 4.11. The summed E-state index contributed by atoms with van der Waals surface area (Å²) in [5, 5.41) is 13.5. The van der Waals surface area contributed by atoms with E-state index in [2.05, 4.69) is 5.32 Å². The van der Waals surface area contributed by atoms with Gasteiger partial charge in [-0.05, 0) is 49.8 Å². The van der Waals surface area contributed by atoms with Gasteiger partial charge in [0.15, 0.2) is 5.11 Å². The lowest BCUT2D eigenvalue weighted by molar-refractivity contribution is -0.384. The Hall–Kier alpha value is -3.33. The third kappa shape index (κ3) is 3.49. The van der Waals surface area contributed by atoms with Crippen LogP contribution in [-0.2, 0) is 9.59 Å².